The fourth-order valence-electron chi connectivity index (χ4n) is 2.81. The maximum atomic E-state index is 12.9. The van der Waals surface area contributed by atoms with E-state index in [4.69, 9.17) is 26.8 Å². The van der Waals surface area contributed by atoms with Crippen molar-refractivity contribution in [3.8, 4) is 11.5 Å². The van der Waals surface area contributed by atoms with Crippen molar-refractivity contribution in [2.24, 2.45) is 0 Å². The molecule has 0 unspecified atom stereocenters. The Morgan fingerprint density at radius 3 is 2.57 bits per heavy atom. The number of amides is 1. The fourth-order valence-corrected chi connectivity index (χ4v) is 4.11. The third kappa shape index (κ3) is 4.83. The molecule has 0 bridgehead atoms. The van der Waals surface area contributed by atoms with Gasteiger partial charge in [0.25, 0.3) is 5.91 Å². The van der Waals surface area contributed by atoms with Crippen LogP contribution in [0.3, 0.4) is 0 Å². The number of carboxylic acid groups (broad SMARTS) is 1. The van der Waals surface area contributed by atoms with Crippen molar-refractivity contribution in [2.45, 2.75) is 19.8 Å². The summed E-state index contributed by atoms with van der Waals surface area (Å²) in [5, 5.41) is 9.04. The summed E-state index contributed by atoms with van der Waals surface area (Å²) in [6.45, 7) is 2.71. The highest BCUT2D eigenvalue weighted by Crippen LogP contribution is 2.37. The maximum Gasteiger partial charge on any atom is 0.335 e. The zero-order valence-corrected chi connectivity index (χ0v) is 18.2. The van der Waals surface area contributed by atoms with Crippen LogP contribution in [0.15, 0.2) is 47.4 Å². The third-order valence-corrected chi connectivity index (χ3v) is 5.71. The van der Waals surface area contributed by atoms with Gasteiger partial charge in [-0.2, -0.15) is 0 Å². The van der Waals surface area contributed by atoms with Gasteiger partial charge in [-0.1, -0.05) is 43.4 Å². The van der Waals surface area contributed by atoms with Gasteiger partial charge >= 0.3 is 5.97 Å². The summed E-state index contributed by atoms with van der Waals surface area (Å²) in [6.07, 6.45) is 3.76. The number of carboxylic acids is 1. The smallest absolute Gasteiger partial charge is 0.335 e. The van der Waals surface area contributed by atoms with Crippen LogP contribution in [0, 0.1) is 0 Å². The number of hydrogen-bond donors (Lipinski definition) is 1. The molecule has 1 saturated heterocycles. The highest BCUT2D eigenvalue weighted by molar-refractivity contribution is 8.27. The summed E-state index contributed by atoms with van der Waals surface area (Å²) in [5.41, 5.74) is 1.47. The Labute approximate surface area is 184 Å². The largest absolute Gasteiger partial charge is 0.493 e. The van der Waals surface area contributed by atoms with Crippen LogP contribution in [-0.4, -0.2) is 35.0 Å². The molecule has 6 nitrogen and oxygen atoms in total. The number of rotatable bonds is 8. The molecule has 1 fully saturated rings. The Morgan fingerprint density at radius 1 is 1.20 bits per heavy atom. The molecule has 1 heterocycles. The number of anilines is 1. The Balaban J connectivity index is 1.81. The number of carbonyl (C=O) groups excluding carboxylic acids is 1. The van der Waals surface area contributed by atoms with Gasteiger partial charge in [0, 0.05) is 0 Å². The third-order valence-electron chi connectivity index (χ3n) is 4.41. The van der Waals surface area contributed by atoms with E-state index in [1.807, 2.05) is 18.2 Å². The number of benzene rings is 2. The minimum atomic E-state index is -1.03. The number of carbonyl (C=O) groups is 2. The van der Waals surface area contributed by atoms with E-state index < -0.39 is 5.97 Å². The number of hydrogen-bond acceptors (Lipinski definition) is 6. The van der Waals surface area contributed by atoms with Crippen LogP contribution in [0.1, 0.15) is 35.7 Å². The highest BCUT2D eigenvalue weighted by Gasteiger charge is 2.33. The topological polar surface area (TPSA) is 76.1 Å². The summed E-state index contributed by atoms with van der Waals surface area (Å²) >= 11 is 6.57. The standard InChI is InChI=1S/C22H21NO5S2/c1-3-4-11-28-17-10-5-14(12-18(17)27-2)13-19-20(24)23(22(29)30-19)16-8-6-15(7-9-16)21(25)26/h5-10,12-13H,3-4,11H2,1-2H3,(H,25,26)/b19-13-. The summed E-state index contributed by atoms with van der Waals surface area (Å²) in [5.74, 6) is -0.0213. The summed E-state index contributed by atoms with van der Waals surface area (Å²) < 4.78 is 11.6. The van der Waals surface area contributed by atoms with Gasteiger partial charge in [-0.3, -0.25) is 9.69 Å². The van der Waals surface area contributed by atoms with Crippen molar-refractivity contribution in [3.05, 3.63) is 58.5 Å². The minimum Gasteiger partial charge on any atom is -0.493 e. The first-order chi connectivity index (χ1) is 14.4. The van der Waals surface area contributed by atoms with Crippen LogP contribution in [0.25, 0.3) is 6.08 Å². The van der Waals surface area contributed by atoms with E-state index in [0.717, 1.165) is 18.4 Å². The predicted octanol–water partition coefficient (Wildman–Crippen LogP) is 4.98. The van der Waals surface area contributed by atoms with Crippen LogP contribution in [0.5, 0.6) is 11.5 Å². The van der Waals surface area contributed by atoms with Crippen LogP contribution < -0.4 is 14.4 Å². The molecule has 3 rings (SSSR count). The SMILES string of the molecule is CCCCOc1ccc(/C=C2\SC(=S)N(c3ccc(C(=O)O)cc3)C2=O)cc1OC. The lowest BCUT2D eigenvalue weighted by Crippen LogP contribution is -2.27. The second-order valence-corrected chi connectivity index (χ2v) is 8.16. The van der Waals surface area contributed by atoms with Crippen molar-refractivity contribution in [1.29, 1.82) is 0 Å². The Kier molecular flexibility index (Phi) is 7.12. The van der Waals surface area contributed by atoms with E-state index in [-0.39, 0.29) is 11.5 Å². The fraction of sp³-hybridized carbons (Fsp3) is 0.227. The van der Waals surface area contributed by atoms with Gasteiger partial charge in [0.2, 0.25) is 0 Å². The second-order valence-electron chi connectivity index (χ2n) is 6.48. The van der Waals surface area contributed by atoms with Crippen LogP contribution >= 0.6 is 24.0 Å². The van der Waals surface area contributed by atoms with Gasteiger partial charge in [0.05, 0.1) is 29.9 Å². The quantitative estimate of drug-likeness (QED) is 0.350. The predicted molar refractivity (Wildman–Crippen MR) is 122 cm³/mol. The van der Waals surface area contributed by atoms with Gasteiger partial charge in [-0.15, -0.1) is 0 Å². The number of nitrogens with zero attached hydrogens (tertiary/aromatic N) is 1. The molecular weight excluding hydrogens is 422 g/mol. The molecule has 0 radical (unpaired) electrons. The number of methoxy groups -OCH3 is 1. The minimum absolute atomic E-state index is 0.146. The maximum absolute atomic E-state index is 12.9. The number of unbranched alkanes of at least 4 members (excludes halogenated alkanes) is 1. The molecule has 2 aromatic carbocycles. The molecule has 1 amide bonds. The molecule has 0 atom stereocenters. The Bertz CT molecular complexity index is 1000. The Hall–Kier alpha value is -2.84. The number of thioether (sulfide) groups is 1. The van der Waals surface area contributed by atoms with E-state index in [9.17, 15) is 9.59 Å². The molecule has 0 aromatic heterocycles. The van der Waals surface area contributed by atoms with Crippen LogP contribution in [0.4, 0.5) is 5.69 Å². The molecule has 1 aliphatic heterocycles. The normalized spacial score (nSPS) is 15.0. The monoisotopic (exact) mass is 443 g/mol. The summed E-state index contributed by atoms with van der Waals surface area (Å²) in [4.78, 5) is 25.8. The van der Waals surface area contributed by atoms with Gasteiger partial charge in [-0.05, 0) is 54.5 Å². The molecule has 30 heavy (non-hydrogen) atoms. The Morgan fingerprint density at radius 2 is 1.93 bits per heavy atom. The lowest BCUT2D eigenvalue weighted by atomic mass is 10.1. The molecule has 0 saturated carbocycles. The second kappa shape index (κ2) is 9.77. The zero-order chi connectivity index (χ0) is 21.7. The lowest BCUT2D eigenvalue weighted by Gasteiger charge is -2.14. The summed E-state index contributed by atoms with van der Waals surface area (Å²) in [7, 11) is 1.58. The average molecular weight is 444 g/mol. The first-order valence-electron chi connectivity index (χ1n) is 9.36. The lowest BCUT2D eigenvalue weighted by molar-refractivity contribution is -0.113. The van der Waals surface area contributed by atoms with E-state index in [1.54, 1.807) is 25.3 Å². The van der Waals surface area contributed by atoms with E-state index in [2.05, 4.69) is 6.92 Å². The van der Waals surface area contributed by atoms with Crippen molar-refractivity contribution in [1.82, 2.24) is 0 Å². The van der Waals surface area contributed by atoms with Gasteiger partial charge in [-0.25, -0.2) is 4.79 Å². The molecule has 1 N–H and O–H groups in total. The van der Waals surface area contributed by atoms with Gasteiger partial charge in [0.1, 0.15) is 0 Å². The number of thiocarbonyl (C=S) groups is 1. The van der Waals surface area contributed by atoms with Crippen molar-refractivity contribution < 1.29 is 24.2 Å². The molecule has 156 valence electrons. The molecule has 8 heteroatoms. The molecule has 0 spiro atoms. The molecule has 1 aliphatic rings. The van der Waals surface area contributed by atoms with Crippen LogP contribution in [0.2, 0.25) is 0 Å². The van der Waals surface area contributed by atoms with Crippen molar-refractivity contribution in [3.63, 3.8) is 0 Å². The highest BCUT2D eigenvalue weighted by atomic mass is 32.2. The van der Waals surface area contributed by atoms with Gasteiger partial charge in [0.15, 0.2) is 15.8 Å². The average Bonchev–Trinajstić information content (AvgIpc) is 3.02. The first-order valence-corrected chi connectivity index (χ1v) is 10.6. The van der Waals surface area contributed by atoms with E-state index in [0.29, 0.717) is 33.0 Å². The zero-order valence-electron chi connectivity index (χ0n) is 16.6. The van der Waals surface area contributed by atoms with Crippen LogP contribution in [-0.2, 0) is 4.79 Å². The molecule has 0 aliphatic carbocycles. The van der Waals surface area contributed by atoms with E-state index >= 15 is 0 Å². The molecular formula is C22H21NO5S2. The first kappa shape index (κ1) is 21.9. The van der Waals surface area contributed by atoms with Gasteiger partial charge < -0.3 is 14.6 Å². The molecule has 2 aromatic rings. The van der Waals surface area contributed by atoms with E-state index in [1.165, 1.54) is 28.8 Å². The van der Waals surface area contributed by atoms with Crippen molar-refractivity contribution >= 4 is 51.9 Å². The number of ether oxygens (including phenoxy) is 2. The van der Waals surface area contributed by atoms with Crippen molar-refractivity contribution in [2.75, 3.05) is 18.6 Å². The summed E-state index contributed by atoms with van der Waals surface area (Å²) in [6, 6.07) is 11.5. The number of aromatic carboxylic acids is 1.